The molecular formula is C16H16O3. The monoisotopic (exact) mass is 256 g/mol. The van der Waals surface area contributed by atoms with Crippen molar-refractivity contribution in [3.05, 3.63) is 66.2 Å². The van der Waals surface area contributed by atoms with Crippen molar-refractivity contribution in [3.63, 3.8) is 0 Å². The van der Waals surface area contributed by atoms with Crippen molar-refractivity contribution in [2.75, 3.05) is 6.61 Å². The molecule has 3 nitrogen and oxygen atoms in total. The number of hydrogen-bond acceptors (Lipinski definition) is 3. The van der Waals surface area contributed by atoms with E-state index in [4.69, 9.17) is 4.74 Å². The summed E-state index contributed by atoms with van der Waals surface area (Å²) >= 11 is 0. The molecule has 0 heterocycles. The number of ether oxygens (including phenoxy) is 1. The van der Waals surface area contributed by atoms with Crippen molar-refractivity contribution in [2.24, 2.45) is 0 Å². The summed E-state index contributed by atoms with van der Waals surface area (Å²) in [6.45, 7) is -0.215. The van der Waals surface area contributed by atoms with Gasteiger partial charge in [-0.2, -0.15) is 0 Å². The summed E-state index contributed by atoms with van der Waals surface area (Å²) in [4.78, 5) is 11.3. The third-order valence-electron chi connectivity index (χ3n) is 2.94. The zero-order valence-corrected chi connectivity index (χ0v) is 10.5. The molecule has 2 aromatic carbocycles. The number of benzene rings is 2. The summed E-state index contributed by atoms with van der Waals surface area (Å²) in [7, 11) is 0. The van der Waals surface area contributed by atoms with Gasteiger partial charge >= 0.3 is 0 Å². The van der Waals surface area contributed by atoms with Crippen LogP contribution in [0.15, 0.2) is 60.7 Å². The van der Waals surface area contributed by atoms with Gasteiger partial charge in [0.25, 0.3) is 0 Å². The average molecular weight is 256 g/mol. The van der Waals surface area contributed by atoms with Gasteiger partial charge in [0.2, 0.25) is 0 Å². The Balaban J connectivity index is 2.18. The van der Waals surface area contributed by atoms with Gasteiger partial charge in [0.05, 0.1) is 12.5 Å². The van der Waals surface area contributed by atoms with Crippen LogP contribution in [0.1, 0.15) is 11.5 Å². The smallest absolute Gasteiger partial charge is 0.135 e. The third kappa shape index (κ3) is 3.42. The second-order valence-corrected chi connectivity index (χ2v) is 4.22. The van der Waals surface area contributed by atoms with E-state index in [1.165, 1.54) is 0 Å². The number of carbonyl (C=O) groups excluding carboxylic acids is 1. The largest absolute Gasteiger partial charge is 0.487 e. The minimum Gasteiger partial charge on any atom is -0.487 e. The third-order valence-corrected chi connectivity index (χ3v) is 2.94. The maximum Gasteiger partial charge on any atom is 0.135 e. The van der Waals surface area contributed by atoms with Crippen LogP contribution in [-0.2, 0) is 4.79 Å². The first-order chi connectivity index (χ1) is 9.35. The lowest BCUT2D eigenvalue weighted by atomic mass is 9.95. The molecule has 0 aliphatic heterocycles. The van der Waals surface area contributed by atoms with Crippen LogP contribution in [0.3, 0.4) is 0 Å². The van der Waals surface area contributed by atoms with Gasteiger partial charge in [-0.15, -0.1) is 0 Å². The second-order valence-electron chi connectivity index (χ2n) is 4.22. The first-order valence-electron chi connectivity index (χ1n) is 6.18. The molecule has 0 radical (unpaired) electrons. The predicted octanol–water partition coefficient (Wildman–Crippen LogP) is 2.41. The van der Waals surface area contributed by atoms with Crippen LogP contribution in [-0.4, -0.2) is 24.1 Å². The Labute approximate surface area is 112 Å². The standard InChI is InChI=1S/C16H16O3/c17-11-15(13-7-3-1-4-8-13)16(12-18)19-14-9-5-2-6-10-14/h1-11,15-16,18H,12H2. The lowest BCUT2D eigenvalue weighted by Gasteiger charge is -2.22. The fraction of sp³-hybridized carbons (Fsp3) is 0.188. The topological polar surface area (TPSA) is 46.5 Å². The Bertz CT molecular complexity index is 496. The highest BCUT2D eigenvalue weighted by Gasteiger charge is 2.23. The summed E-state index contributed by atoms with van der Waals surface area (Å²) in [6.07, 6.45) is 0.237. The fourth-order valence-electron chi connectivity index (χ4n) is 1.95. The molecule has 0 amide bonds. The van der Waals surface area contributed by atoms with E-state index in [0.717, 1.165) is 11.8 Å². The molecule has 0 aliphatic rings. The van der Waals surface area contributed by atoms with E-state index in [1.807, 2.05) is 48.5 Å². The number of aliphatic hydroxyl groups excluding tert-OH is 1. The molecule has 19 heavy (non-hydrogen) atoms. The normalized spacial score (nSPS) is 13.5. The first-order valence-corrected chi connectivity index (χ1v) is 6.18. The zero-order valence-electron chi connectivity index (χ0n) is 10.5. The number of para-hydroxylation sites is 1. The molecular weight excluding hydrogens is 240 g/mol. The van der Waals surface area contributed by atoms with Gasteiger partial charge in [0.1, 0.15) is 18.1 Å². The van der Waals surface area contributed by atoms with E-state index in [-0.39, 0.29) is 6.61 Å². The second kappa shape index (κ2) is 6.71. The SMILES string of the molecule is O=CC(c1ccccc1)C(CO)Oc1ccccc1. The molecule has 0 spiro atoms. The van der Waals surface area contributed by atoms with Crippen molar-refractivity contribution in [2.45, 2.75) is 12.0 Å². The maximum absolute atomic E-state index is 11.3. The highest BCUT2D eigenvalue weighted by molar-refractivity contribution is 5.63. The van der Waals surface area contributed by atoms with E-state index in [9.17, 15) is 9.90 Å². The number of carbonyl (C=O) groups is 1. The predicted molar refractivity (Wildman–Crippen MR) is 73.2 cm³/mol. The Hall–Kier alpha value is -2.13. The van der Waals surface area contributed by atoms with Crippen molar-refractivity contribution in [1.82, 2.24) is 0 Å². The van der Waals surface area contributed by atoms with E-state index in [1.54, 1.807) is 12.1 Å². The van der Waals surface area contributed by atoms with Crippen LogP contribution < -0.4 is 4.74 Å². The molecule has 0 aromatic heterocycles. The van der Waals surface area contributed by atoms with Gasteiger partial charge in [-0.3, -0.25) is 0 Å². The zero-order chi connectivity index (χ0) is 13.5. The molecule has 2 rings (SSSR count). The summed E-state index contributed by atoms with van der Waals surface area (Å²) < 4.78 is 5.69. The van der Waals surface area contributed by atoms with Crippen molar-refractivity contribution in [3.8, 4) is 5.75 Å². The van der Waals surface area contributed by atoms with Crippen LogP contribution in [0.25, 0.3) is 0 Å². The van der Waals surface area contributed by atoms with Crippen molar-refractivity contribution >= 4 is 6.29 Å². The number of aldehydes is 1. The van der Waals surface area contributed by atoms with Crippen LogP contribution >= 0.6 is 0 Å². The van der Waals surface area contributed by atoms with E-state index in [2.05, 4.69) is 0 Å². The van der Waals surface area contributed by atoms with E-state index in [0.29, 0.717) is 5.75 Å². The van der Waals surface area contributed by atoms with Crippen molar-refractivity contribution in [1.29, 1.82) is 0 Å². The molecule has 0 bridgehead atoms. The quantitative estimate of drug-likeness (QED) is 0.807. The van der Waals surface area contributed by atoms with Gasteiger partial charge in [0, 0.05) is 0 Å². The van der Waals surface area contributed by atoms with Crippen LogP contribution in [0.4, 0.5) is 0 Å². The average Bonchev–Trinajstić information content (AvgIpc) is 2.49. The van der Waals surface area contributed by atoms with Crippen LogP contribution in [0.2, 0.25) is 0 Å². The molecule has 0 aliphatic carbocycles. The van der Waals surface area contributed by atoms with E-state index < -0.39 is 12.0 Å². The van der Waals surface area contributed by atoms with Crippen molar-refractivity contribution < 1.29 is 14.6 Å². The van der Waals surface area contributed by atoms with Gasteiger partial charge in [-0.25, -0.2) is 0 Å². The molecule has 1 N–H and O–H groups in total. The Kier molecular flexibility index (Phi) is 4.70. The number of aliphatic hydroxyl groups is 1. The fourth-order valence-corrected chi connectivity index (χ4v) is 1.95. The molecule has 0 fully saturated rings. The molecule has 2 unspecified atom stereocenters. The molecule has 3 heteroatoms. The molecule has 2 aromatic rings. The maximum atomic E-state index is 11.3. The Morgan fingerprint density at radius 3 is 2.11 bits per heavy atom. The minimum atomic E-state index is -0.581. The van der Waals surface area contributed by atoms with Gasteiger partial charge in [-0.1, -0.05) is 48.5 Å². The Morgan fingerprint density at radius 1 is 1.00 bits per heavy atom. The van der Waals surface area contributed by atoms with Gasteiger partial charge < -0.3 is 14.6 Å². The lowest BCUT2D eigenvalue weighted by molar-refractivity contribution is -0.111. The number of rotatable bonds is 6. The van der Waals surface area contributed by atoms with Crippen LogP contribution in [0, 0.1) is 0 Å². The highest BCUT2D eigenvalue weighted by Crippen LogP contribution is 2.22. The lowest BCUT2D eigenvalue weighted by Crippen LogP contribution is -2.30. The minimum absolute atomic E-state index is 0.215. The summed E-state index contributed by atoms with van der Waals surface area (Å²) in [5, 5.41) is 9.47. The van der Waals surface area contributed by atoms with Crippen LogP contribution in [0.5, 0.6) is 5.75 Å². The Morgan fingerprint density at radius 2 is 1.58 bits per heavy atom. The molecule has 0 saturated carbocycles. The summed E-state index contributed by atoms with van der Waals surface area (Å²) in [5.41, 5.74) is 0.840. The molecule has 98 valence electrons. The molecule has 0 saturated heterocycles. The number of hydrogen-bond donors (Lipinski definition) is 1. The van der Waals surface area contributed by atoms with Gasteiger partial charge in [-0.05, 0) is 17.7 Å². The van der Waals surface area contributed by atoms with Gasteiger partial charge in [0.15, 0.2) is 0 Å². The molecule has 2 atom stereocenters. The van der Waals surface area contributed by atoms with E-state index >= 15 is 0 Å². The highest BCUT2D eigenvalue weighted by atomic mass is 16.5. The summed E-state index contributed by atoms with van der Waals surface area (Å²) in [6, 6.07) is 18.5. The summed E-state index contributed by atoms with van der Waals surface area (Å²) in [5.74, 6) is 0.163. The first kappa shape index (κ1) is 13.3.